The summed E-state index contributed by atoms with van der Waals surface area (Å²) in [5.74, 6) is 0. The van der Waals surface area contributed by atoms with Gasteiger partial charge in [-0.15, -0.1) is 0 Å². The fourth-order valence-corrected chi connectivity index (χ4v) is 0. The third-order valence-corrected chi connectivity index (χ3v) is 0. The summed E-state index contributed by atoms with van der Waals surface area (Å²) in [4.78, 5) is 0. The molecule has 0 fully saturated rings. The van der Waals surface area contributed by atoms with Crippen LogP contribution in [-0.2, 0) is 17.4 Å². The van der Waals surface area contributed by atoms with E-state index in [1.807, 2.05) is 0 Å². The van der Waals surface area contributed by atoms with Crippen LogP contribution in [0.15, 0.2) is 0 Å². The molecule has 0 aromatic heterocycles. The average molecular weight is 122 g/mol. The summed E-state index contributed by atoms with van der Waals surface area (Å²) >= 11 is 0. The maximum atomic E-state index is 0. The van der Waals surface area contributed by atoms with Gasteiger partial charge in [-0.2, -0.15) is 0 Å². The van der Waals surface area contributed by atoms with Crippen LogP contribution in [-0.4, -0.2) is 21.9 Å². The first-order valence-corrected chi connectivity index (χ1v) is 0. The van der Waals surface area contributed by atoms with Gasteiger partial charge in [0, 0.05) is 0 Å². The van der Waals surface area contributed by atoms with E-state index in [0.29, 0.717) is 0 Å². The van der Waals surface area contributed by atoms with Crippen molar-refractivity contribution in [3.63, 3.8) is 0 Å². The molecule has 6 N–H and O–H groups in total. The molecule has 0 aliphatic carbocycles. The summed E-state index contributed by atoms with van der Waals surface area (Å²) in [5.41, 5.74) is 0. The molecular formula is H6CrO4. The van der Waals surface area contributed by atoms with Crippen molar-refractivity contribution in [2.45, 2.75) is 0 Å². The van der Waals surface area contributed by atoms with Gasteiger partial charge in [0.25, 0.3) is 0 Å². The fraction of sp³-hybridized carbons (Fsp3) is 0. The van der Waals surface area contributed by atoms with E-state index < -0.39 is 0 Å². The minimum Gasteiger partial charge on any atom is -0.870 e. The SMILES string of the molecule is O.O.[Cr+2].[OH-].[OH-]. The molecular weight excluding hydrogens is 116 g/mol. The molecule has 0 heterocycles. The van der Waals surface area contributed by atoms with Crippen molar-refractivity contribution in [1.29, 1.82) is 0 Å². The molecule has 0 saturated heterocycles. The third kappa shape index (κ3) is 177. The summed E-state index contributed by atoms with van der Waals surface area (Å²) in [6.45, 7) is 0. The molecule has 0 aliphatic heterocycles. The van der Waals surface area contributed by atoms with E-state index >= 15 is 0 Å². The molecule has 0 saturated carbocycles. The molecule has 5 heteroatoms. The largest absolute Gasteiger partial charge is 2.00 e. The van der Waals surface area contributed by atoms with Gasteiger partial charge in [-0.25, -0.2) is 0 Å². The Bertz CT molecular complexity index is 3.61. The Morgan fingerprint density at radius 3 is 0.600 bits per heavy atom. The molecule has 36 valence electrons. The Balaban J connectivity index is 0. The Hall–Kier alpha value is 0.372. The second-order valence-corrected chi connectivity index (χ2v) is 0. The van der Waals surface area contributed by atoms with E-state index in [4.69, 9.17) is 0 Å². The van der Waals surface area contributed by atoms with E-state index in [1.165, 1.54) is 0 Å². The standard InChI is InChI=1S/Cr.4H2O/h;4*1H2/q+2;;;;/p-2. The van der Waals surface area contributed by atoms with E-state index in [-0.39, 0.29) is 39.3 Å². The van der Waals surface area contributed by atoms with Crippen molar-refractivity contribution in [1.82, 2.24) is 0 Å². The van der Waals surface area contributed by atoms with Crippen molar-refractivity contribution in [2.24, 2.45) is 0 Å². The summed E-state index contributed by atoms with van der Waals surface area (Å²) in [6.07, 6.45) is 0. The minimum atomic E-state index is 0. The van der Waals surface area contributed by atoms with Gasteiger partial charge >= 0.3 is 17.4 Å². The van der Waals surface area contributed by atoms with Crippen LogP contribution >= 0.6 is 0 Å². The van der Waals surface area contributed by atoms with Crippen molar-refractivity contribution in [3.8, 4) is 0 Å². The molecule has 0 amide bonds. The van der Waals surface area contributed by atoms with Gasteiger partial charge in [0.05, 0.1) is 0 Å². The number of hydrogen-bond acceptors (Lipinski definition) is 2. The van der Waals surface area contributed by atoms with Gasteiger partial charge in [-0.1, -0.05) is 0 Å². The van der Waals surface area contributed by atoms with Crippen molar-refractivity contribution >= 4 is 0 Å². The summed E-state index contributed by atoms with van der Waals surface area (Å²) in [6, 6.07) is 0. The summed E-state index contributed by atoms with van der Waals surface area (Å²) < 4.78 is 0. The molecule has 0 aliphatic rings. The molecule has 0 spiro atoms. The molecule has 0 aromatic carbocycles. The molecule has 0 bridgehead atoms. The molecule has 0 rings (SSSR count). The predicted molar refractivity (Wildman–Crippen MR) is 11.1 cm³/mol. The molecule has 5 heavy (non-hydrogen) atoms. The fourth-order valence-electron chi connectivity index (χ4n) is 0. The quantitative estimate of drug-likeness (QED) is 0.368. The molecule has 4 nitrogen and oxygen atoms in total. The maximum absolute atomic E-state index is 0. The first-order valence-electron chi connectivity index (χ1n) is 0. The molecule has 0 aromatic rings. The van der Waals surface area contributed by atoms with Crippen LogP contribution in [0.3, 0.4) is 0 Å². The van der Waals surface area contributed by atoms with Gasteiger partial charge in [-0.3, -0.25) is 0 Å². The van der Waals surface area contributed by atoms with E-state index in [1.54, 1.807) is 0 Å². The Labute approximate surface area is 40.2 Å². The normalized spacial score (nSPS) is 0. The first-order chi connectivity index (χ1) is 0. The number of rotatable bonds is 0. The smallest absolute Gasteiger partial charge is 0.870 e. The van der Waals surface area contributed by atoms with Gasteiger partial charge in [0.15, 0.2) is 0 Å². The van der Waals surface area contributed by atoms with Gasteiger partial charge in [0.1, 0.15) is 0 Å². The predicted octanol–water partition coefficient (Wildman–Crippen LogP) is -2.01. The second-order valence-electron chi connectivity index (χ2n) is 0. The van der Waals surface area contributed by atoms with Crippen LogP contribution < -0.4 is 0 Å². The first kappa shape index (κ1) is 740. The van der Waals surface area contributed by atoms with Crippen LogP contribution in [0.1, 0.15) is 0 Å². The molecule has 0 unspecified atom stereocenters. The molecule has 0 atom stereocenters. The van der Waals surface area contributed by atoms with Crippen LogP contribution in [0.25, 0.3) is 0 Å². The summed E-state index contributed by atoms with van der Waals surface area (Å²) in [5, 5.41) is 0. The summed E-state index contributed by atoms with van der Waals surface area (Å²) in [7, 11) is 0. The Morgan fingerprint density at radius 2 is 0.600 bits per heavy atom. The zero-order valence-electron chi connectivity index (χ0n) is 2.30. The van der Waals surface area contributed by atoms with Crippen LogP contribution in [0.2, 0.25) is 0 Å². The van der Waals surface area contributed by atoms with Crippen LogP contribution in [0.5, 0.6) is 0 Å². The van der Waals surface area contributed by atoms with E-state index in [9.17, 15) is 0 Å². The Kier molecular flexibility index (Phi) is 53100. The Morgan fingerprint density at radius 1 is 0.600 bits per heavy atom. The second kappa shape index (κ2) is 358. The topological polar surface area (TPSA) is 123 Å². The average Bonchev–Trinajstić information content (AvgIpc) is 0. The van der Waals surface area contributed by atoms with Gasteiger partial charge in [0.2, 0.25) is 0 Å². The molecule has 0 radical (unpaired) electrons. The minimum absolute atomic E-state index is 0. The van der Waals surface area contributed by atoms with Crippen molar-refractivity contribution in [2.75, 3.05) is 0 Å². The number of hydrogen-bond donors (Lipinski definition) is 0. The zero-order valence-corrected chi connectivity index (χ0v) is 3.58. The zero-order chi connectivity index (χ0) is 0. The van der Waals surface area contributed by atoms with Gasteiger partial charge < -0.3 is 21.9 Å². The van der Waals surface area contributed by atoms with Crippen molar-refractivity contribution < 1.29 is 39.3 Å². The third-order valence-electron chi connectivity index (χ3n) is 0. The van der Waals surface area contributed by atoms with Gasteiger partial charge in [-0.05, 0) is 0 Å². The van der Waals surface area contributed by atoms with Crippen molar-refractivity contribution in [3.05, 3.63) is 0 Å². The van der Waals surface area contributed by atoms with Crippen LogP contribution in [0, 0.1) is 0 Å². The van der Waals surface area contributed by atoms with E-state index in [0.717, 1.165) is 0 Å². The van der Waals surface area contributed by atoms with Crippen LogP contribution in [0.4, 0.5) is 0 Å². The monoisotopic (exact) mass is 122 g/mol. The van der Waals surface area contributed by atoms with E-state index in [2.05, 4.69) is 0 Å². The maximum Gasteiger partial charge on any atom is 2.00 e.